The van der Waals surface area contributed by atoms with E-state index < -0.39 is 35.8 Å². The van der Waals surface area contributed by atoms with E-state index in [4.69, 9.17) is 14.2 Å². The highest BCUT2D eigenvalue weighted by Crippen LogP contribution is 2.32. The number of hydrogen-bond donors (Lipinski definition) is 2. The molecule has 8 heteroatoms. The van der Waals surface area contributed by atoms with Crippen LogP contribution >= 0.6 is 0 Å². The number of methoxy groups -OCH3 is 1. The molecule has 0 saturated carbocycles. The van der Waals surface area contributed by atoms with Crippen LogP contribution in [0.1, 0.15) is 11.8 Å². The van der Waals surface area contributed by atoms with Gasteiger partial charge in [0, 0.05) is 19.4 Å². The van der Waals surface area contributed by atoms with Crippen LogP contribution in [0.2, 0.25) is 0 Å². The Balaban J connectivity index is 1.82. The van der Waals surface area contributed by atoms with Gasteiger partial charge >= 0.3 is 5.69 Å². The predicted molar refractivity (Wildman–Crippen MR) is 88.1 cm³/mol. The average molecular weight is 348 g/mol. The van der Waals surface area contributed by atoms with Gasteiger partial charge in [-0.1, -0.05) is 30.3 Å². The second-order valence-corrected chi connectivity index (χ2v) is 5.73. The standard InChI is InChI=1S/C17H20N2O6/c1-23-15-14(24-10-11-5-3-2-4-6-11)12(9-20)25-16(15)19-8-7-13(21)18-17(19)22/h2-8,12,14-16,20H,9-10H2,1H3,(H,18,21,22)/t12-,14-,15-,16-/m1/s1. The lowest BCUT2D eigenvalue weighted by atomic mass is 10.1. The lowest BCUT2D eigenvalue weighted by molar-refractivity contribution is -0.0684. The maximum atomic E-state index is 12.0. The Morgan fingerprint density at radius 2 is 1.96 bits per heavy atom. The van der Waals surface area contributed by atoms with Crippen molar-refractivity contribution in [3.63, 3.8) is 0 Å². The molecule has 1 fully saturated rings. The molecule has 25 heavy (non-hydrogen) atoms. The van der Waals surface area contributed by atoms with Gasteiger partial charge in [0.05, 0.1) is 13.2 Å². The van der Waals surface area contributed by atoms with Crippen LogP contribution in [-0.2, 0) is 20.8 Å². The molecule has 3 rings (SSSR count). The molecule has 1 aliphatic rings. The topological polar surface area (TPSA) is 103 Å². The Morgan fingerprint density at radius 3 is 2.60 bits per heavy atom. The summed E-state index contributed by atoms with van der Waals surface area (Å²) in [6.07, 6.45) is -1.32. The maximum absolute atomic E-state index is 12.0. The maximum Gasteiger partial charge on any atom is 0.330 e. The number of ether oxygens (including phenoxy) is 3. The van der Waals surface area contributed by atoms with Crippen molar-refractivity contribution < 1.29 is 19.3 Å². The summed E-state index contributed by atoms with van der Waals surface area (Å²) in [6.45, 7) is 0.0341. The van der Waals surface area contributed by atoms with Crippen LogP contribution in [0.5, 0.6) is 0 Å². The Labute approximate surface area is 143 Å². The zero-order valence-electron chi connectivity index (χ0n) is 13.7. The first kappa shape index (κ1) is 17.6. The zero-order chi connectivity index (χ0) is 17.8. The number of aliphatic hydroxyl groups is 1. The first-order valence-corrected chi connectivity index (χ1v) is 7.90. The van der Waals surface area contributed by atoms with Gasteiger partial charge in [-0.2, -0.15) is 0 Å². The van der Waals surface area contributed by atoms with Crippen LogP contribution in [0, 0.1) is 0 Å². The highest BCUT2D eigenvalue weighted by Gasteiger charge is 2.46. The molecule has 1 aromatic heterocycles. The Morgan fingerprint density at radius 1 is 1.20 bits per heavy atom. The van der Waals surface area contributed by atoms with Gasteiger partial charge in [-0.25, -0.2) is 4.79 Å². The van der Waals surface area contributed by atoms with Crippen LogP contribution < -0.4 is 11.2 Å². The second kappa shape index (κ2) is 7.75. The highest BCUT2D eigenvalue weighted by molar-refractivity contribution is 5.13. The third kappa shape index (κ3) is 3.72. The molecule has 134 valence electrons. The van der Waals surface area contributed by atoms with Crippen molar-refractivity contribution in [1.29, 1.82) is 0 Å². The molecule has 2 N–H and O–H groups in total. The van der Waals surface area contributed by atoms with Crippen LogP contribution in [0.4, 0.5) is 0 Å². The molecule has 1 aliphatic heterocycles. The fourth-order valence-electron chi connectivity index (χ4n) is 2.93. The number of nitrogens with zero attached hydrogens (tertiary/aromatic N) is 1. The van der Waals surface area contributed by atoms with Crippen LogP contribution in [0.25, 0.3) is 0 Å². The van der Waals surface area contributed by atoms with Crippen LogP contribution in [-0.4, -0.2) is 46.7 Å². The summed E-state index contributed by atoms with van der Waals surface area (Å²) in [5.74, 6) is 0. The fourth-order valence-corrected chi connectivity index (χ4v) is 2.93. The minimum absolute atomic E-state index is 0.284. The molecule has 0 unspecified atom stereocenters. The van der Waals surface area contributed by atoms with E-state index >= 15 is 0 Å². The second-order valence-electron chi connectivity index (χ2n) is 5.73. The Bertz CT molecular complexity index is 803. The number of aromatic nitrogens is 2. The van der Waals surface area contributed by atoms with Crippen molar-refractivity contribution in [3.8, 4) is 0 Å². The van der Waals surface area contributed by atoms with Crippen LogP contribution in [0.3, 0.4) is 0 Å². The summed E-state index contributed by atoms with van der Waals surface area (Å²) >= 11 is 0. The third-order valence-electron chi connectivity index (χ3n) is 4.15. The molecule has 0 bridgehead atoms. The van der Waals surface area contributed by atoms with Gasteiger partial charge in [-0.3, -0.25) is 14.3 Å². The molecule has 0 radical (unpaired) electrons. The lowest BCUT2D eigenvalue weighted by Gasteiger charge is -2.23. The number of aromatic amines is 1. The monoisotopic (exact) mass is 348 g/mol. The fraction of sp³-hybridized carbons (Fsp3) is 0.412. The van der Waals surface area contributed by atoms with Gasteiger partial charge in [0.25, 0.3) is 5.56 Å². The Kier molecular flexibility index (Phi) is 5.44. The normalized spacial score (nSPS) is 26.0. The van der Waals surface area contributed by atoms with Crippen molar-refractivity contribution in [2.45, 2.75) is 31.1 Å². The van der Waals surface area contributed by atoms with Crippen molar-refractivity contribution >= 4 is 0 Å². The summed E-state index contributed by atoms with van der Waals surface area (Å²) in [6, 6.07) is 10.8. The minimum atomic E-state index is -0.813. The first-order valence-electron chi connectivity index (χ1n) is 7.90. The molecular formula is C17H20N2O6. The molecular weight excluding hydrogens is 328 g/mol. The van der Waals surface area contributed by atoms with E-state index in [0.717, 1.165) is 5.56 Å². The van der Waals surface area contributed by atoms with E-state index in [1.165, 1.54) is 23.9 Å². The largest absolute Gasteiger partial charge is 0.394 e. The summed E-state index contributed by atoms with van der Waals surface area (Å²) in [5.41, 5.74) is -0.137. The van der Waals surface area contributed by atoms with Gasteiger partial charge < -0.3 is 19.3 Å². The third-order valence-corrected chi connectivity index (χ3v) is 4.15. The van der Waals surface area contributed by atoms with E-state index in [9.17, 15) is 14.7 Å². The highest BCUT2D eigenvalue weighted by atomic mass is 16.6. The van der Waals surface area contributed by atoms with E-state index in [1.54, 1.807) is 0 Å². The summed E-state index contributed by atoms with van der Waals surface area (Å²) in [7, 11) is 1.48. The number of aliphatic hydroxyl groups excluding tert-OH is 1. The van der Waals surface area contributed by atoms with Gasteiger partial charge in [-0.05, 0) is 5.56 Å². The van der Waals surface area contributed by atoms with E-state index in [1.807, 2.05) is 30.3 Å². The molecule has 8 nitrogen and oxygen atoms in total. The number of hydrogen-bond acceptors (Lipinski definition) is 6. The molecule has 0 aliphatic carbocycles. The number of benzene rings is 1. The minimum Gasteiger partial charge on any atom is -0.394 e. The SMILES string of the molecule is CO[C@@H]1[C@H](OCc2ccccc2)[C@@H](CO)O[C@H]1n1ccc(=O)[nH]c1=O. The number of nitrogens with one attached hydrogen (secondary N) is 1. The van der Waals surface area contributed by atoms with E-state index in [0.29, 0.717) is 6.61 Å². The Hall–Kier alpha value is -2.26. The van der Waals surface area contributed by atoms with Crippen molar-refractivity contribution in [1.82, 2.24) is 9.55 Å². The van der Waals surface area contributed by atoms with E-state index in [-0.39, 0.29) is 6.61 Å². The molecule has 2 aromatic rings. The van der Waals surface area contributed by atoms with Gasteiger partial charge in [0.2, 0.25) is 0 Å². The average Bonchev–Trinajstić information content (AvgIpc) is 2.98. The van der Waals surface area contributed by atoms with Crippen LogP contribution in [0.15, 0.2) is 52.2 Å². The summed E-state index contributed by atoms with van der Waals surface area (Å²) < 4.78 is 18.4. The first-order chi connectivity index (χ1) is 12.1. The molecule has 2 heterocycles. The molecule has 0 amide bonds. The summed E-state index contributed by atoms with van der Waals surface area (Å²) in [5, 5.41) is 9.62. The smallest absolute Gasteiger partial charge is 0.330 e. The number of rotatable bonds is 6. The van der Waals surface area contributed by atoms with Gasteiger partial charge in [0.15, 0.2) is 6.23 Å². The quantitative estimate of drug-likeness (QED) is 0.763. The van der Waals surface area contributed by atoms with Gasteiger partial charge in [0.1, 0.15) is 18.3 Å². The summed E-state index contributed by atoms with van der Waals surface area (Å²) in [4.78, 5) is 25.5. The van der Waals surface area contributed by atoms with E-state index in [2.05, 4.69) is 4.98 Å². The van der Waals surface area contributed by atoms with Crippen molar-refractivity contribution in [3.05, 3.63) is 69.0 Å². The number of H-pyrrole nitrogens is 1. The molecule has 0 spiro atoms. The van der Waals surface area contributed by atoms with Crippen molar-refractivity contribution in [2.24, 2.45) is 0 Å². The lowest BCUT2D eigenvalue weighted by Crippen LogP contribution is -2.40. The molecule has 1 aromatic carbocycles. The molecule has 4 atom stereocenters. The zero-order valence-corrected chi connectivity index (χ0v) is 13.7. The predicted octanol–water partition coefficient (Wildman–Crippen LogP) is 0.0267. The van der Waals surface area contributed by atoms with Gasteiger partial charge in [-0.15, -0.1) is 0 Å². The molecule has 1 saturated heterocycles. The van der Waals surface area contributed by atoms with Crippen molar-refractivity contribution in [2.75, 3.05) is 13.7 Å².